The van der Waals surface area contributed by atoms with Gasteiger partial charge in [-0.05, 0) is 117 Å². The second kappa shape index (κ2) is 17.9. The molecule has 1 saturated carbocycles. The number of rotatable bonds is 17. The van der Waals surface area contributed by atoms with Crippen molar-refractivity contribution in [2.45, 2.75) is 77.0 Å². The van der Waals surface area contributed by atoms with Crippen LogP contribution in [-0.4, -0.2) is 90.3 Å². The zero-order chi connectivity index (χ0) is 37.4. The van der Waals surface area contributed by atoms with Crippen molar-refractivity contribution in [3.8, 4) is 17.2 Å². The Morgan fingerprint density at radius 1 is 0.904 bits per heavy atom. The van der Waals surface area contributed by atoms with Crippen LogP contribution in [-0.2, 0) is 22.5 Å². The Morgan fingerprint density at radius 3 is 2.21 bits per heavy atom. The lowest BCUT2D eigenvalue weighted by Crippen LogP contribution is -2.49. The zero-order valence-corrected chi connectivity index (χ0v) is 31.9. The molecule has 5 rings (SSSR count). The summed E-state index contributed by atoms with van der Waals surface area (Å²) in [6.45, 7) is 7.42. The van der Waals surface area contributed by atoms with Crippen LogP contribution in [0, 0.1) is 12.8 Å². The lowest BCUT2D eigenvalue weighted by molar-refractivity contribution is -0.139. The number of piperidine rings is 1. The van der Waals surface area contributed by atoms with Gasteiger partial charge < -0.3 is 39.0 Å². The summed E-state index contributed by atoms with van der Waals surface area (Å²) in [5.41, 5.74) is 2.90. The first-order valence-corrected chi connectivity index (χ1v) is 18.6. The lowest BCUT2D eigenvalue weighted by atomic mass is 9.79. The van der Waals surface area contributed by atoms with Crippen molar-refractivity contribution in [1.82, 2.24) is 9.80 Å². The SMILES string of the molecule is COCCCc1cc(CN(C(=O)[C@H]2CN(C(=O)O)CC[C@@H]2c2ccc(OCCOc3c(Cl)cc(C)cc3Cl)cc2)C2CC2)cc(OCC(C)(C)O)c1. The van der Waals surface area contributed by atoms with Crippen LogP contribution in [0.25, 0.3) is 0 Å². The number of ether oxygens (including phenoxy) is 4. The van der Waals surface area contributed by atoms with Crippen LogP contribution in [0.1, 0.15) is 67.7 Å². The Balaban J connectivity index is 1.30. The van der Waals surface area contributed by atoms with Gasteiger partial charge >= 0.3 is 6.09 Å². The number of hydrogen-bond donors (Lipinski definition) is 2. The molecular weight excluding hydrogens is 707 g/mol. The summed E-state index contributed by atoms with van der Waals surface area (Å²) in [7, 11) is 1.68. The number of nitrogens with zero attached hydrogens (tertiary/aromatic N) is 2. The van der Waals surface area contributed by atoms with E-state index in [1.807, 2.05) is 48.2 Å². The Kier molecular flexibility index (Phi) is 13.6. The molecule has 52 heavy (non-hydrogen) atoms. The number of halogens is 2. The molecule has 2 aliphatic rings. The van der Waals surface area contributed by atoms with Crippen molar-refractivity contribution in [3.63, 3.8) is 0 Å². The van der Waals surface area contributed by atoms with Gasteiger partial charge in [-0.3, -0.25) is 4.79 Å². The molecule has 0 spiro atoms. The second-order valence-electron chi connectivity index (χ2n) is 14.4. The molecule has 2 N–H and O–H groups in total. The van der Waals surface area contributed by atoms with E-state index >= 15 is 0 Å². The predicted molar refractivity (Wildman–Crippen MR) is 201 cm³/mol. The highest BCUT2D eigenvalue weighted by atomic mass is 35.5. The van der Waals surface area contributed by atoms with Crippen molar-refractivity contribution in [2.24, 2.45) is 5.92 Å². The van der Waals surface area contributed by atoms with E-state index in [1.54, 1.807) is 33.1 Å². The minimum Gasteiger partial charge on any atom is -0.491 e. The third-order valence-corrected chi connectivity index (χ3v) is 9.87. The maximum absolute atomic E-state index is 14.6. The molecule has 282 valence electrons. The Morgan fingerprint density at radius 2 is 1.58 bits per heavy atom. The molecule has 2 fully saturated rings. The fourth-order valence-corrected chi connectivity index (χ4v) is 7.33. The van der Waals surface area contributed by atoms with Gasteiger partial charge in [0.05, 0.1) is 21.6 Å². The summed E-state index contributed by atoms with van der Waals surface area (Å²) >= 11 is 12.6. The number of carboxylic acid groups (broad SMARTS) is 1. The van der Waals surface area contributed by atoms with Gasteiger partial charge in [0, 0.05) is 39.4 Å². The Labute approximate surface area is 316 Å². The first kappa shape index (κ1) is 39.5. The van der Waals surface area contributed by atoms with E-state index in [9.17, 15) is 19.8 Å². The van der Waals surface area contributed by atoms with Gasteiger partial charge in [-0.2, -0.15) is 0 Å². The van der Waals surface area contributed by atoms with Gasteiger partial charge in [-0.15, -0.1) is 0 Å². The summed E-state index contributed by atoms with van der Waals surface area (Å²) in [5, 5.41) is 21.1. The van der Waals surface area contributed by atoms with E-state index in [0.29, 0.717) is 53.4 Å². The molecule has 1 heterocycles. The molecule has 1 aliphatic carbocycles. The molecule has 1 saturated heterocycles. The van der Waals surface area contributed by atoms with Crippen LogP contribution >= 0.6 is 23.2 Å². The average Bonchev–Trinajstić information content (AvgIpc) is 3.94. The number of amides is 2. The first-order valence-electron chi connectivity index (χ1n) is 17.9. The number of carbonyl (C=O) groups excluding carboxylic acids is 1. The van der Waals surface area contributed by atoms with E-state index in [-0.39, 0.29) is 44.2 Å². The topological polar surface area (TPSA) is 118 Å². The monoisotopic (exact) mass is 756 g/mol. The average molecular weight is 758 g/mol. The second-order valence-corrected chi connectivity index (χ2v) is 15.2. The number of likely N-dealkylation sites (tertiary alicyclic amines) is 1. The van der Waals surface area contributed by atoms with E-state index < -0.39 is 17.6 Å². The standard InChI is InChI=1S/C40H50Cl2N2O8/c1-26-18-35(41)37(36(42)19-26)51-17-16-50-31-11-7-29(8-12-31)33-13-14-43(39(46)47)24-34(33)38(45)44(30-9-10-30)23-28-20-27(6-5-15-49-4)21-32(22-28)52-25-40(2,3)48/h7-8,11-12,18-22,30,33-34,48H,5-6,9-10,13-17,23-25H2,1-4H3,(H,46,47)/t33-,34+/m1/s1. The summed E-state index contributed by atoms with van der Waals surface area (Å²) in [6.07, 6.45) is 2.92. The van der Waals surface area contributed by atoms with Crippen molar-refractivity contribution >= 4 is 35.2 Å². The smallest absolute Gasteiger partial charge is 0.407 e. The van der Waals surface area contributed by atoms with Crippen LogP contribution in [0.4, 0.5) is 4.79 Å². The van der Waals surface area contributed by atoms with Crippen molar-refractivity contribution in [3.05, 3.63) is 86.9 Å². The van der Waals surface area contributed by atoms with Crippen molar-refractivity contribution in [2.75, 3.05) is 46.6 Å². The number of carbonyl (C=O) groups is 2. The molecule has 2 atom stereocenters. The number of aryl methyl sites for hydroxylation is 2. The van der Waals surface area contributed by atoms with Gasteiger partial charge in [-0.25, -0.2) is 4.79 Å². The van der Waals surface area contributed by atoms with E-state index in [0.717, 1.165) is 47.9 Å². The number of hydrogen-bond acceptors (Lipinski definition) is 7. The third kappa shape index (κ3) is 11.2. The quantitative estimate of drug-likeness (QED) is 0.134. The van der Waals surface area contributed by atoms with Gasteiger partial charge in [0.1, 0.15) is 31.3 Å². The van der Waals surface area contributed by atoms with Crippen LogP contribution in [0.15, 0.2) is 54.6 Å². The normalized spacial score (nSPS) is 17.5. The highest BCUT2D eigenvalue weighted by molar-refractivity contribution is 6.37. The molecule has 10 nitrogen and oxygen atoms in total. The summed E-state index contributed by atoms with van der Waals surface area (Å²) in [5.74, 6) is 0.939. The first-order chi connectivity index (χ1) is 24.8. The number of aliphatic hydroxyl groups is 1. The minimum atomic E-state index is -1.02. The molecule has 3 aromatic rings. The minimum absolute atomic E-state index is 0.0481. The molecule has 12 heteroatoms. The molecule has 0 radical (unpaired) electrons. The molecule has 0 bridgehead atoms. The van der Waals surface area contributed by atoms with E-state index in [2.05, 4.69) is 6.07 Å². The lowest BCUT2D eigenvalue weighted by Gasteiger charge is -2.39. The Hall–Kier alpha value is -3.70. The summed E-state index contributed by atoms with van der Waals surface area (Å²) in [6, 6.07) is 17.4. The fourth-order valence-electron chi connectivity index (χ4n) is 6.62. The zero-order valence-electron chi connectivity index (χ0n) is 30.4. The van der Waals surface area contributed by atoms with Gasteiger partial charge in [-0.1, -0.05) is 41.4 Å². The number of methoxy groups -OCH3 is 1. The van der Waals surface area contributed by atoms with Crippen LogP contribution in [0.5, 0.6) is 17.2 Å². The summed E-state index contributed by atoms with van der Waals surface area (Å²) in [4.78, 5) is 30.0. The van der Waals surface area contributed by atoms with Crippen LogP contribution in [0.2, 0.25) is 10.0 Å². The van der Waals surface area contributed by atoms with Crippen molar-refractivity contribution < 1.29 is 38.7 Å². The molecule has 3 aromatic carbocycles. The molecule has 1 aliphatic heterocycles. The van der Waals surface area contributed by atoms with Gasteiger partial charge in [0.25, 0.3) is 0 Å². The highest BCUT2D eigenvalue weighted by Gasteiger charge is 2.42. The molecule has 0 unspecified atom stereocenters. The molecule has 0 aromatic heterocycles. The van der Waals surface area contributed by atoms with E-state index in [1.165, 1.54) is 4.90 Å². The van der Waals surface area contributed by atoms with Gasteiger partial charge in [0.2, 0.25) is 5.91 Å². The maximum Gasteiger partial charge on any atom is 0.407 e. The summed E-state index contributed by atoms with van der Waals surface area (Å²) < 4.78 is 23.0. The van der Waals surface area contributed by atoms with Crippen LogP contribution < -0.4 is 14.2 Å². The Bertz CT molecular complexity index is 1650. The highest BCUT2D eigenvalue weighted by Crippen LogP contribution is 2.39. The largest absolute Gasteiger partial charge is 0.491 e. The fraction of sp³-hybridized carbons (Fsp3) is 0.500. The molecular formula is C40H50Cl2N2O8. The maximum atomic E-state index is 14.6. The van der Waals surface area contributed by atoms with Gasteiger partial charge in [0.15, 0.2) is 5.75 Å². The third-order valence-electron chi connectivity index (χ3n) is 9.31. The van der Waals surface area contributed by atoms with E-state index in [4.69, 9.17) is 42.1 Å². The molecule has 2 amide bonds. The van der Waals surface area contributed by atoms with Crippen molar-refractivity contribution in [1.29, 1.82) is 0 Å². The van der Waals surface area contributed by atoms with Crippen LogP contribution in [0.3, 0.4) is 0 Å². The number of benzene rings is 3. The predicted octanol–water partition coefficient (Wildman–Crippen LogP) is 7.76.